The molecule has 0 amide bonds. The minimum Gasteiger partial charge on any atom is -0.494 e. The van der Waals surface area contributed by atoms with Crippen molar-refractivity contribution in [3.8, 4) is 0 Å². The number of aliphatic hydroxyl groups excluding tert-OH is 1. The molecule has 0 aliphatic carbocycles. The SMILES string of the molecule is Cc1nc(C2=C(O)NC(NC(C)C)N=C2)ccc1C(C)c1c[nH]c2ncc(Cl)cc12. The third-order valence-electron chi connectivity index (χ3n) is 5.24. The second kappa shape index (κ2) is 8.08. The van der Waals surface area contributed by atoms with Crippen molar-refractivity contribution in [3.05, 3.63) is 64.0 Å². The molecule has 3 aromatic heterocycles. The van der Waals surface area contributed by atoms with Crippen LogP contribution in [-0.2, 0) is 0 Å². The standard InChI is InChI=1S/C22H25ClN6O/c1-11(2)27-22-26-10-18(21(30)29-22)19-6-5-15(13(4)28-19)12(3)17-9-25-20-16(17)7-14(23)8-24-20/h5-12,22,27,29-30H,1-4H3,(H,24,25). The molecule has 0 saturated carbocycles. The number of halogens is 1. The van der Waals surface area contributed by atoms with E-state index >= 15 is 0 Å². The number of aryl methyl sites for hydroxylation is 1. The topological polar surface area (TPSA) is 98.2 Å². The molecular formula is C22H25ClN6O. The van der Waals surface area contributed by atoms with E-state index in [0.717, 1.165) is 27.9 Å². The summed E-state index contributed by atoms with van der Waals surface area (Å²) in [6.07, 6.45) is 4.92. The van der Waals surface area contributed by atoms with Crippen LogP contribution in [0.3, 0.4) is 0 Å². The molecule has 8 heteroatoms. The number of nitrogens with zero attached hydrogens (tertiary/aromatic N) is 3. The first-order valence-corrected chi connectivity index (χ1v) is 10.3. The molecule has 0 aromatic carbocycles. The summed E-state index contributed by atoms with van der Waals surface area (Å²) in [5, 5.41) is 18.2. The second-order valence-electron chi connectivity index (χ2n) is 7.80. The number of aromatic nitrogens is 3. The van der Waals surface area contributed by atoms with Crippen LogP contribution in [0.15, 0.2) is 41.5 Å². The number of nitrogens with one attached hydrogen (secondary N) is 3. The highest BCUT2D eigenvalue weighted by molar-refractivity contribution is 6.31. The molecule has 30 heavy (non-hydrogen) atoms. The summed E-state index contributed by atoms with van der Waals surface area (Å²) in [6, 6.07) is 6.13. The lowest BCUT2D eigenvalue weighted by molar-refractivity contribution is 0.314. The Morgan fingerprint density at radius 3 is 2.70 bits per heavy atom. The van der Waals surface area contributed by atoms with Crippen molar-refractivity contribution in [3.63, 3.8) is 0 Å². The number of allylic oxidation sites excluding steroid dienone is 1. The highest BCUT2D eigenvalue weighted by atomic mass is 35.5. The number of fused-ring (bicyclic) bond motifs is 1. The maximum absolute atomic E-state index is 10.4. The van der Waals surface area contributed by atoms with Crippen LogP contribution in [0, 0.1) is 6.92 Å². The van der Waals surface area contributed by atoms with Gasteiger partial charge in [0.05, 0.1) is 16.3 Å². The molecule has 0 saturated heterocycles. The molecule has 4 rings (SSSR count). The first-order chi connectivity index (χ1) is 14.3. The Morgan fingerprint density at radius 2 is 2.00 bits per heavy atom. The van der Waals surface area contributed by atoms with Crippen LogP contribution in [0.4, 0.5) is 0 Å². The van der Waals surface area contributed by atoms with E-state index in [4.69, 9.17) is 16.6 Å². The van der Waals surface area contributed by atoms with Gasteiger partial charge in [-0.05, 0) is 44.0 Å². The number of hydrogen-bond acceptors (Lipinski definition) is 6. The number of hydrogen-bond donors (Lipinski definition) is 4. The van der Waals surface area contributed by atoms with Gasteiger partial charge in [-0.2, -0.15) is 0 Å². The van der Waals surface area contributed by atoms with E-state index in [9.17, 15) is 5.11 Å². The van der Waals surface area contributed by atoms with Crippen LogP contribution in [0.1, 0.15) is 49.2 Å². The second-order valence-corrected chi connectivity index (χ2v) is 8.23. The summed E-state index contributed by atoms with van der Waals surface area (Å²) in [7, 11) is 0. The molecule has 1 aliphatic rings. The van der Waals surface area contributed by atoms with E-state index in [2.05, 4.69) is 32.5 Å². The van der Waals surface area contributed by atoms with Crippen molar-refractivity contribution in [2.75, 3.05) is 0 Å². The minimum absolute atomic E-state index is 0.0631. The molecule has 4 N–H and O–H groups in total. The lowest BCUT2D eigenvalue weighted by atomic mass is 9.91. The normalized spacial score (nSPS) is 17.6. The van der Waals surface area contributed by atoms with Gasteiger partial charge in [0.2, 0.25) is 0 Å². The highest BCUT2D eigenvalue weighted by Gasteiger charge is 2.21. The Labute approximate surface area is 180 Å². The Hall–Kier alpha value is -2.90. The van der Waals surface area contributed by atoms with E-state index in [-0.39, 0.29) is 24.1 Å². The Bertz CT molecular complexity index is 1150. The van der Waals surface area contributed by atoms with Gasteiger partial charge in [-0.15, -0.1) is 0 Å². The maximum Gasteiger partial charge on any atom is 0.198 e. The molecule has 2 atom stereocenters. The molecular weight excluding hydrogens is 400 g/mol. The summed E-state index contributed by atoms with van der Waals surface area (Å²) in [6.45, 7) is 8.16. The lowest BCUT2D eigenvalue weighted by Crippen LogP contribution is -2.45. The third kappa shape index (κ3) is 3.91. The average Bonchev–Trinajstić information content (AvgIpc) is 3.10. The maximum atomic E-state index is 10.4. The zero-order chi connectivity index (χ0) is 21.4. The van der Waals surface area contributed by atoms with E-state index in [1.807, 2.05) is 45.2 Å². The van der Waals surface area contributed by atoms with Gasteiger partial charge in [0.15, 0.2) is 12.2 Å². The van der Waals surface area contributed by atoms with Crippen molar-refractivity contribution >= 4 is 34.4 Å². The number of pyridine rings is 2. The van der Waals surface area contributed by atoms with Crippen LogP contribution in [0.2, 0.25) is 5.02 Å². The predicted molar refractivity (Wildman–Crippen MR) is 121 cm³/mol. The van der Waals surface area contributed by atoms with E-state index < -0.39 is 0 Å². The molecule has 2 unspecified atom stereocenters. The lowest BCUT2D eigenvalue weighted by Gasteiger charge is -2.23. The van der Waals surface area contributed by atoms with Crippen molar-refractivity contribution in [2.45, 2.75) is 45.9 Å². The summed E-state index contributed by atoms with van der Waals surface area (Å²) in [4.78, 5) is 16.7. The predicted octanol–water partition coefficient (Wildman–Crippen LogP) is 4.25. The molecule has 7 nitrogen and oxygen atoms in total. The molecule has 4 heterocycles. The van der Waals surface area contributed by atoms with E-state index in [1.54, 1.807) is 12.4 Å². The molecule has 0 radical (unpaired) electrons. The van der Waals surface area contributed by atoms with Crippen molar-refractivity contribution < 1.29 is 5.11 Å². The Balaban J connectivity index is 1.62. The van der Waals surface area contributed by atoms with Crippen LogP contribution < -0.4 is 10.6 Å². The monoisotopic (exact) mass is 424 g/mol. The number of H-pyrrole nitrogens is 1. The number of aromatic amines is 1. The fraction of sp³-hybridized carbons (Fsp3) is 0.318. The van der Waals surface area contributed by atoms with Gasteiger partial charge < -0.3 is 15.4 Å². The summed E-state index contributed by atoms with van der Waals surface area (Å²) >= 11 is 6.15. The van der Waals surface area contributed by atoms with Gasteiger partial charge in [0, 0.05) is 41.6 Å². The van der Waals surface area contributed by atoms with Gasteiger partial charge >= 0.3 is 0 Å². The highest BCUT2D eigenvalue weighted by Crippen LogP contribution is 2.32. The molecule has 0 fully saturated rings. The van der Waals surface area contributed by atoms with Gasteiger partial charge in [-0.25, -0.2) is 4.98 Å². The number of aliphatic hydroxyl groups is 1. The van der Waals surface area contributed by atoms with E-state index in [0.29, 0.717) is 16.3 Å². The van der Waals surface area contributed by atoms with Crippen molar-refractivity contribution in [1.29, 1.82) is 0 Å². The quantitative estimate of drug-likeness (QED) is 0.490. The Kier molecular flexibility index (Phi) is 5.49. The van der Waals surface area contributed by atoms with Crippen LogP contribution in [0.25, 0.3) is 16.6 Å². The molecule has 3 aromatic rings. The zero-order valence-electron chi connectivity index (χ0n) is 17.4. The van der Waals surface area contributed by atoms with Gasteiger partial charge in [-0.1, -0.05) is 24.6 Å². The first kappa shape index (κ1) is 20.4. The van der Waals surface area contributed by atoms with Crippen molar-refractivity contribution in [1.82, 2.24) is 25.6 Å². The third-order valence-corrected chi connectivity index (χ3v) is 5.44. The van der Waals surface area contributed by atoms with Crippen LogP contribution >= 0.6 is 11.6 Å². The fourth-order valence-electron chi connectivity index (χ4n) is 3.75. The van der Waals surface area contributed by atoms with Crippen LogP contribution in [-0.4, -0.2) is 38.6 Å². The summed E-state index contributed by atoms with van der Waals surface area (Å²) in [5.41, 5.74) is 5.15. The van der Waals surface area contributed by atoms with E-state index in [1.165, 1.54) is 0 Å². The number of aliphatic imine (C=N–C) groups is 1. The molecule has 156 valence electrons. The molecule has 1 aliphatic heterocycles. The van der Waals surface area contributed by atoms with Crippen LogP contribution in [0.5, 0.6) is 0 Å². The van der Waals surface area contributed by atoms with Gasteiger partial charge in [0.25, 0.3) is 0 Å². The first-order valence-electron chi connectivity index (χ1n) is 9.93. The zero-order valence-corrected chi connectivity index (χ0v) is 18.1. The van der Waals surface area contributed by atoms with Gasteiger partial charge in [-0.3, -0.25) is 15.3 Å². The largest absolute Gasteiger partial charge is 0.494 e. The van der Waals surface area contributed by atoms with Gasteiger partial charge in [0.1, 0.15) is 5.65 Å². The summed E-state index contributed by atoms with van der Waals surface area (Å²) < 4.78 is 0. The Morgan fingerprint density at radius 1 is 1.20 bits per heavy atom. The average molecular weight is 425 g/mol. The number of rotatable bonds is 5. The minimum atomic E-state index is -0.351. The molecule has 0 spiro atoms. The smallest absolute Gasteiger partial charge is 0.198 e. The van der Waals surface area contributed by atoms with Crippen molar-refractivity contribution in [2.24, 2.45) is 4.99 Å². The summed E-state index contributed by atoms with van der Waals surface area (Å²) in [5.74, 6) is 0.161. The molecule has 0 bridgehead atoms. The fourth-order valence-corrected chi connectivity index (χ4v) is 3.90.